The Morgan fingerprint density at radius 1 is 1.03 bits per heavy atom. The molecule has 3 fully saturated rings. The third kappa shape index (κ3) is 7.10. The minimum atomic E-state index is 0. The topological polar surface area (TPSA) is 38.8 Å². The molecule has 3 aliphatic rings. The van der Waals surface area contributed by atoms with E-state index in [0.29, 0.717) is 23.9 Å². The number of nitrogens with zero attached hydrogens (tertiary/aromatic N) is 3. The second kappa shape index (κ2) is 12.3. The molecule has 1 aromatic carbocycles. The van der Waals surface area contributed by atoms with Crippen LogP contribution < -0.4 is 5.32 Å². The maximum atomic E-state index is 12.8. The Balaban J connectivity index is 0.00000160. The maximum Gasteiger partial charge on any atom is 0.222 e. The van der Waals surface area contributed by atoms with Gasteiger partial charge >= 0.3 is 0 Å². The highest BCUT2D eigenvalue weighted by Gasteiger charge is 2.35. The van der Waals surface area contributed by atoms with Gasteiger partial charge in [0.25, 0.3) is 0 Å². The number of hydrogen-bond donors (Lipinski definition) is 1. The van der Waals surface area contributed by atoms with Crippen molar-refractivity contribution in [1.82, 2.24) is 20.0 Å². The highest BCUT2D eigenvalue weighted by atomic mass is 35.5. The smallest absolute Gasteiger partial charge is 0.222 e. The summed E-state index contributed by atoms with van der Waals surface area (Å²) in [5.41, 5.74) is 1.37. The number of fused-ring (bicyclic) bond motifs is 2. The Hall–Kier alpha value is -0.850. The van der Waals surface area contributed by atoms with Crippen LogP contribution in [-0.4, -0.2) is 79.0 Å². The fraction of sp³-hybridized carbons (Fsp3) is 0.696. The summed E-state index contributed by atoms with van der Waals surface area (Å²) in [4.78, 5) is 19.8. The lowest BCUT2D eigenvalue weighted by atomic mass is 9.89. The van der Waals surface area contributed by atoms with Crippen LogP contribution in [0.5, 0.6) is 0 Å². The second-order valence-electron chi connectivity index (χ2n) is 9.13. The molecule has 7 heteroatoms. The van der Waals surface area contributed by atoms with Crippen molar-refractivity contribution >= 4 is 30.7 Å². The van der Waals surface area contributed by atoms with Crippen LogP contribution in [0.25, 0.3) is 0 Å². The highest BCUT2D eigenvalue weighted by Crippen LogP contribution is 2.33. The van der Waals surface area contributed by atoms with E-state index in [-0.39, 0.29) is 24.8 Å². The molecule has 3 saturated heterocycles. The minimum Gasteiger partial charge on any atom is -0.340 e. The molecule has 0 aromatic heterocycles. The summed E-state index contributed by atoms with van der Waals surface area (Å²) in [6.45, 7) is 6.99. The molecule has 5 nitrogen and oxygen atoms in total. The van der Waals surface area contributed by atoms with Crippen LogP contribution in [0.2, 0.25) is 0 Å². The molecule has 1 amide bonds. The second-order valence-corrected chi connectivity index (χ2v) is 9.13. The van der Waals surface area contributed by atoms with Gasteiger partial charge in [0.15, 0.2) is 0 Å². The zero-order valence-electron chi connectivity index (χ0n) is 18.2. The zero-order chi connectivity index (χ0) is 19.3. The zero-order valence-corrected chi connectivity index (χ0v) is 19.8. The van der Waals surface area contributed by atoms with Gasteiger partial charge in [-0.15, -0.1) is 24.8 Å². The van der Waals surface area contributed by atoms with Crippen LogP contribution in [0.4, 0.5) is 0 Å². The summed E-state index contributed by atoms with van der Waals surface area (Å²) in [6.07, 6.45) is 5.81. The minimum absolute atomic E-state index is 0. The summed E-state index contributed by atoms with van der Waals surface area (Å²) in [6, 6.07) is 12.0. The standard InChI is InChI=1S/C23H36N4O.2ClH/c1-25(18-19-5-3-2-4-6-19)9-10-26-11-13-27(14-12-26)23(28)17-20-15-21-7-8-22(16-20)24-21;;/h2-6,20-22,24H,7-18H2,1H3;2*1H. The Kier molecular flexibility index (Phi) is 10.4. The van der Waals surface area contributed by atoms with Gasteiger partial charge in [-0.3, -0.25) is 9.69 Å². The first kappa shape index (κ1) is 25.4. The van der Waals surface area contributed by atoms with E-state index >= 15 is 0 Å². The van der Waals surface area contributed by atoms with Crippen molar-refractivity contribution in [3.05, 3.63) is 35.9 Å². The summed E-state index contributed by atoms with van der Waals surface area (Å²) < 4.78 is 0. The van der Waals surface area contributed by atoms with Crippen molar-refractivity contribution in [3.8, 4) is 0 Å². The molecule has 0 radical (unpaired) electrons. The summed E-state index contributed by atoms with van der Waals surface area (Å²) in [7, 11) is 2.19. The third-order valence-corrected chi connectivity index (χ3v) is 6.85. The van der Waals surface area contributed by atoms with Crippen molar-refractivity contribution in [2.75, 3.05) is 46.3 Å². The van der Waals surface area contributed by atoms with Crippen LogP contribution in [0.1, 0.15) is 37.7 Å². The molecule has 2 unspecified atom stereocenters. The average Bonchev–Trinajstić information content (AvgIpc) is 3.05. The van der Waals surface area contributed by atoms with E-state index in [1.807, 2.05) is 0 Å². The molecule has 0 saturated carbocycles. The molecule has 4 rings (SSSR count). The van der Waals surface area contributed by atoms with Gasteiger partial charge in [0, 0.05) is 64.3 Å². The van der Waals surface area contributed by atoms with Crippen molar-refractivity contribution in [2.24, 2.45) is 5.92 Å². The van der Waals surface area contributed by atoms with E-state index in [4.69, 9.17) is 0 Å². The fourth-order valence-electron chi connectivity index (χ4n) is 5.22. The number of carbonyl (C=O) groups is 1. The van der Waals surface area contributed by atoms with Crippen molar-refractivity contribution in [3.63, 3.8) is 0 Å². The van der Waals surface area contributed by atoms with Gasteiger partial charge in [-0.25, -0.2) is 0 Å². The fourth-order valence-corrected chi connectivity index (χ4v) is 5.22. The number of piperazine rings is 1. The third-order valence-electron chi connectivity index (χ3n) is 6.85. The summed E-state index contributed by atoms with van der Waals surface area (Å²) >= 11 is 0. The highest BCUT2D eigenvalue weighted by molar-refractivity contribution is 5.85. The van der Waals surface area contributed by atoms with Crippen LogP contribution in [0.3, 0.4) is 0 Å². The molecule has 2 bridgehead atoms. The van der Waals surface area contributed by atoms with Gasteiger partial charge in [-0.05, 0) is 44.2 Å². The van der Waals surface area contributed by atoms with Gasteiger partial charge < -0.3 is 15.1 Å². The normalized spacial score (nSPS) is 26.2. The van der Waals surface area contributed by atoms with Crippen molar-refractivity contribution < 1.29 is 4.79 Å². The number of amides is 1. The molecule has 0 spiro atoms. The summed E-state index contributed by atoms with van der Waals surface area (Å²) in [5, 5.41) is 3.68. The maximum absolute atomic E-state index is 12.8. The van der Waals surface area contributed by atoms with Gasteiger partial charge in [-0.1, -0.05) is 30.3 Å². The predicted molar refractivity (Wildman–Crippen MR) is 128 cm³/mol. The van der Waals surface area contributed by atoms with E-state index in [0.717, 1.165) is 52.2 Å². The Morgan fingerprint density at radius 2 is 1.67 bits per heavy atom. The molecule has 3 heterocycles. The van der Waals surface area contributed by atoms with Gasteiger partial charge in [0.2, 0.25) is 5.91 Å². The Labute approximate surface area is 194 Å². The van der Waals surface area contributed by atoms with E-state index in [1.165, 1.54) is 31.2 Å². The van der Waals surface area contributed by atoms with Gasteiger partial charge in [-0.2, -0.15) is 0 Å². The largest absolute Gasteiger partial charge is 0.340 e. The van der Waals surface area contributed by atoms with E-state index in [1.54, 1.807) is 0 Å². The molecule has 170 valence electrons. The van der Waals surface area contributed by atoms with E-state index in [2.05, 4.69) is 57.4 Å². The number of benzene rings is 1. The van der Waals surface area contributed by atoms with Gasteiger partial charge in [0.1, 0.15) is 0 Å². The molecule has 3 aliphatic heterocycles. The molecule has 2 atom stereocenters. The van der Waals surface area contributed by atoms with Crippen molar-refractivity contribution in [2.45, 2.75) is 50.7 Å². The van der Waals surface area contributed by atoms with Crippen LogP contribution in [0.15, 0.2) is 30.3 Å². The van der Waals surface area contributed by atoms with Gasteiger partial charge in [0.05, 0.1) is 0 Å². The van der Waals surface area contributed by atoms with E-state index < -0.39 is 0 Å². The number of halogens is 2. The molecule has 1 aromatic rings. The Bertz CT molecular complexity index is 627. The molecular formula is C23H38Cl2N4O. The predicted octanol–water partition coefficient (Wildman–Crippen LogP) is 3.03. The number of piperidine rings is 1. The average molecular weight is 457 g/mol. The van der Waals surface area contributed by atoms with E-state index in [9.17, 15) is 4.79 Å². The number of nitrogens with one attached hydrogen (secondary N) is 1. The monoisotopic (exact) mass is 456 g/mol. The lowest BCUT2D eigenvalue weighted by molar-refractivity contribution is -0.134. The first-order chi connectivity index (χ1) is 13.7. The lowest BCUT2D eigenvalue weighted by Gasteiger charge is -2.37. The number of carbonyl (C=O) groups excluding carboxylic acids is 1. The number of hydrogen-bond acceptors (Lipinski definition) is 4. The van der Waals surface area contributed by atoms with Crippen LogP contribution >= 0.6 is 24.8 Å². The lowest BCUT2D eigenvalue weighted by Crippen LogP contribution is -2.50. The van der Waals surface area contributed by atoms with Crippen molar-refractivity contribution in [1.29, 1.82) is 0 Å². The molecule has 0 aliphatic carbocycles. The first-order valence-electron chi connectivity index (χ1n) is 11.1. The molecular weight excluding hydrogens is 419 g/mol. The van der Waals surface area contributed by atoms with Crippen LogP contribution in [-0.2, 0) is 11.3 Å². The summed E-state index contributed by atoms with van der Waals surface area (Å²) in [5.74, 6) is 1.00. The first-order valence-corrected chi connectivity index (χ1v) is 11.1. The molecule has 30 heavy (non-hydrogen) atoms. The van der Waals surface area contributed by atoms with Crippen LogP contribution in [0, 0.1) is 5.92 Å². The number of likely N-dealkylation sites (N-methyl/N-ethyl adjacent to an activating group) is 1. The number of rotatable bonds is 7. The quantitative estimate of drug-likeness (QED) is 0.684. The SMILES string of the molecule is CN(CCN1CCN(C(=O)CC2CC3CCC(C2)N3)CC1)Cc1ccccc1.Cl.Cl. The Morgan fingerprint density at radius 3 is 2.30 bits per heavy atom. The molecule has 1 N–H and O–H groups in total.